The molecule has 0 radical (unpaired) electrons. The van der Waals surface area contributed by atoms with Crippen molar-refractivity contribution < 1.29 is 4.79 Å². The Bertz CT molecular complexity index is 902. The van der Waals surface area contributed by atoms with E-state index in [0.29, 0.717) is 5.01 Å². The van der Waals surface area contributed by atoms with E-state index in [1.807, 2.05) is 0 Å². The number of aromatic nitrogens is 2. The van der Waals surface area contributed by atoms with Crippen LogP contribution in [-0.2, 0) is 12.8 Å². The number of carbonyl (C=O) groups is 1. The van der Waals surface area contributed by atoms with Crippen LogP contribution in [0.4, 0.5) is 5.69 Å². The summed E-state index contributed by atoms with van der Waals surface area (Å²) in [6, 6.07) is 10.1. The summed E-state index contributed by atoms with van der Waals surface area (Å²) < 4.78 is 0. The number of thiazole rings is 1. The summed E-state index contributed by atoms with van der Waals surface area (Å²) in [5, 5.41) is 3.41. The molecular weight excluding hydrogens is 318 g/mol. The number of aryl methyl sites for hydroxylation is 3. The largest absolute Gasteiger partial charge is 0.320 e. The van der Waals surface area contributed by atoms with Gasteiger partial charge in [0.15, 0.2) is 5.01 Å². The van der Waals surface area contributed by atoms with E-state index in [4.69, 9.17) is 0 Å². The summed E-state index contributed by atoms with van der Waals surface area (Å²) in [6.45, 7) is 2.10. The van der Waals surface area contributed by atoms with Gasteiger partial charge in [0, 0.05) is 18.1 Å². The van der Waals surface area contributed by atoms with Crippen molar-refractivity contribution in [1.29, 1.82) is 0 Å². The maximum absolute atomic E-state index is 12.5. The van der Waals surface area contributed by atoms with Crippen molar-refractivity contribution >= 4 is 22.9 Å². The van der Waals surface area contributed by atoms with E-state index in [1.54, 1.807) is 24.5 Å². The Morgan fingerprint density at radius 3 is 2.83 bits per heavy atom. The highest BCUT2D eigenvalue weighted by Gasteiger charge is 2.22. The molecule has 0 unspecified atom stereocenters. The fourth-order valence-corrected chi connectivity index (χ4v) is 4.07. The lowest BCUT2D eigenvalue weighted by Gasteiger charge is -2.06. The minimum Gasteiger partial charge on any atom is -0.320 e. The standard InChI is InChI=1S/C19H17N3OS/c1-12-5-6-13-3-2-4-16-17(15(13)11-12)24-19(22-16)18(23)21-14-7-9-20-10-8-14/h5-11H,2-4H2,1H3,(H,20,21,23). The lowest BCUT2D eigenvalue weighted by molar-refractivity contribution is 0.102. The van der Waals surface area contributed by atoms with Crippen molar-refractivity contribution in [3.8, 4) is 10.4 Å². The predicted molar refractivity (Wildman–Crippen MR) is 96.5 cm³/mol. The molecule has 2 aromatic heterocycles. The van der Waals surface area contributed by atoms with Crippen LogP contribution in [0.25, 0.3) is 10.4 Å². The molecule has 4 rings (SSSR count). The number of hydrogen-bond acceptors (Lipinski definition) is 4. The summed E-state index contributed by atoms with van der Waals surface area (Å²) >= 11 is 1.49. The topological polar surface area (TPSA) is 54.9 Å². The minimum atomic E-state index is -0.159. The molecule has 120 valence electrons. The third-order valence-corrected chi connectivity index (χ3v) is 5.33. The van der Waals surface area contributed by atoms with E-state index in [-0.39, 0.29) is 5.91 Å². The van der Waals surface area contributed by atoms with E-state index >= 15 is 0 Å². The van der Waals surface area contributed by atoms with Gasteiger partial charge in [-0.25, -0.2) is 4.98 Å². The number of nitrogens with one attached hydrogen (secondary N) is 1. The van der Waals surface area contributed by atoms with Crippen LogP contribution < -0.4 is 5.32 Å². The number of benzene rings is 1. The van der Waals surface area contributed by atoms with E-state index < -0.39 is 0 Å². The number of nitrogens with zero attached hydrogens (tertiary/aromatic N) is 2. The monoisotopic (exact) mass is 335 g/mol. The number of anilines is 1. The second kappa shape index (κ2) is 6.17. The quantitative estimate of drug-likeness (QED) is 0.761. The molecule has 4 nitrogen and oxygen atoms in total. The zero-order valence-corrected chi connectivity index (χ0v) is 14.2. The van der Waals surface area contributed by atoms with Crippen LogP contribution in [0.1, 0.15) is 33.0 Å². The summed E-state index contributed by atoms with van der Waals surface area (Å²) in [6.07, 6.45) is 6.37. The van der Waals surface area contributed by atoms with Gasteiger partial charge in [0.2, 0.25) is 0 Å². The van der Waals surface area contributed by atoms with Crippen molar-refractivity contribution in [2.45, 2.75) is 26.2 Å². The van der Waals surface area contributed by atoms with Gasteiger partial charge in [-0.3, -0.25) is 9.78 Å². The zero-order chi connectivity index (χ0) is 16.5. The Morgan fingerprint density at radius 2 is 2.00 bits per heavy atom. The Morgan fingerprint density at radius 1 is 1.17 bits per heavy atom. The fourth-order valence-electron chi connectivity index (χ4n) is 3.01. The highest BCUT2D eigenvalue weighted by atomic mass is 32.1. The third-order valence-electron chi connectivity index (χ3n) is 4.20. The molecule has 1 amide bonds. The van der Waals surface area contributed by atoms with Crippen LogP contribution in [-0.4, -0.2) is 15.9 Å². The normalized spacial score (nSPS) is 12.9. The van der Waals surface area contributed by atoms with Crippen LogP contribution in [0.15, 0.2) is 42.7 Å². The molecule has 3 aromatic rings. The van der Waals surface area contributed by atoms with Crippen molar-refractivity contribution in [1.82, 2.24) is 9.97 Å². The molecule has 0 spiro atoms. The van der Waals surface area contributed by atoms with Gasteiger partial charge in [-0.15, -0.1) is 11.3 Å². The molecule has 1 aromatic carbocycles. The molecule has 1 aliphatic rings. The van der Waals surface area contributed by atoms with Gasteiger partial charge in [-0.1, -0.05) is 23.8 Å². The van der Waals surface area contributed by atoms with Crippen LogP contribution >= 0.6 is 11.3 Å². The van der Waals surface area contributed by atoms with Gasteiger partial charge in [0.05, 0.1) is 10.6 Å². The Kier molecular flexibility index (Phi) is 3.86. The Labute approximate surface area is 144 Å². The molecule has 1 aliphatic carbocycles. The highest BCUT2D eigenvalue weighted by Crippen LogP contribution is 2.37. The Balaban J connectivity index is 1.70. The SMILES string of the molecule is Cc1ccc2c(c1)-c1sc(C(=O)Nc3ccncc3)nc1CCC2. The lowest BCUT2D eigenvalue weighted by atomic mass is 10.0. The first-order chi connectivity index (χ1) is 11.7. The van der Waals surface area contributed by atoms with Gasteiger partial charge in [0.1, 0.15) is 0 Å². The van der Waals surface area contributed by atoms with E-state index in [1.165, 1.54) is 28.0 Å². The van der Waals surface area contributed by atoms with Gasteiger partial charge in [-0.05, 0) is 49.4 Å². The fraction of sp³-hybridized carbons (Fsp3) is 0.211. The zero-order valence-electron chi connectivity index (χ0n) is 13.4. The van der Waals surface area contributed by atoms with Crippen molar-refractivity contribution in [2.24, 2.45) is 0 Å². The van der Waals surface area contributed by atoms with Crippen LogP contribution in [0, 0.1) is 6.92 Å². The van der Waals surface area contributed by atoms with Crippen molar-refractivity contribution in [3.05, 3.63) is 64.6 Å². The van der Waals surface area contributed by atoms with Gasteiger partial charge >= 0.3 is 0 Å². The van der Waals surface area contributed by atoms with E-state index in [2.05, 4.69) is 40.4 Å². The molecule has 2 heterocycles. The molecule has 1 N–H and O–H groups in total. The molecule has 0 atom stereocenters. The van der Waals surface area contributed by atoms with Gasteiger partial charge in [0.25, 0.3) is 5.91 Å². The second-order valence-corrected chi connectivity index (χ2v) is 7.00. The number of amides is 1. The summed E-state index contributed by atoms with van der Waals surface area (Å²) in [5.74, 6) is -0.159. The van der Waals surface area contributed by atoms with Gasteiger partial charge < -0.3 is 5.32 Å². The Hall–Kier alpha value is -2.53. The first kappa shape index (κ1) is 15.0. The molecule has 0 fully saturated rings. The first-order valence-electron chi connectivity index (χ1n) is 8.02. The number of carbonyl (C=O) groups excluding carboxylic acids is 1. The maximum Gasteiger partial charge on any atom is 0.284 e. The molecule has 0 aliphatic heterocycles. The molecule has 0 saturated heterocycles. The average Bonchev–Trinajstić information content (AvgIpc) is 2.94. The van der Waals surface area contributed by atoms with Crippen LogP contribution in [0.3, 0.4) is 0 Å². The predicted octanol–water partition coefficient (Wildman–Crippen LogP) is 4.25. The molecule has 24 heavy (non-hydrogen) atoms. The van der Waals surface area contributed by atoms with Crippen molar-refractivity contribution in [2.75, 3.05) is 5.32 Å². The second-order valence-electron chi connectivity index (χ2n) is 6.00. The molecule has 0 saturated carbocycles. The molecule has 5 heteroatoms. The first-order valence-corrected chi connectivity index (χ1v) is 8.83. The summed E-state index contributed by atoms with van der Waals surface area (Å²) in [5.41, 5.74) is 5.60. The van der Waals surface area contributed by atoms with E-state index in [0.717, 1.165) is 35.5 Å². The number of pyridine rings is 1. The number of hydrogen-bond donors (Lipinski definition) is 1. The third kappa shape index (κ3) is 2.83. The van der Waals surface area contributed by atoms with E-state index in [9.17, 15) is 4.79 Å². The maximum atomic E-state index is 12.5. The smallest absolute Gasteiger partial charge is 0.284 e. The summed E-state index contributed by atoms with van der Waals surface area (Å²) in [4.78, 5) is 22.2. The highest BCUT2D eigenvalue weighted by molar-refractivity contribution is 7.17. The molecule has 0 bridgehead atoms. The average molecular weight is 335 g/mol. The number of rotatable bonds is 2. The summed E-state index contributed by atoms with van der Waals surface area (Å²) in [7, 11) is 0. The van der Waals surface area contributed by atoms with Crippen LogP contribution in [0.2, 0.25) is 0 Å². The van der Waals surface area contributed by atoms with Crippen molar-refractivity contribution in [3.63, 3.8) is 0 Å². The minimum absolute atomic E-state index is 0.159. The lowest BCUT2D eigenvalue weighted by Crippen LogP contribution is -2.11. The number of fused-ring (bicyclic) bond motifs is 3. The van der Waals surface area contributed by atoms with Gasteiger partial charge in [-0.2, -0.15) is 0 Å². The van der Waals surface area contributed by atoms with Crippen LogP contribution in [0.5, 0.6) is 0 Å². The molecular formula is C19H17N3OS.